The zero-order valence-corrected chi connectivity index (χ0v) is 12.6. The summed E-state index contributed by atoms with van der Waals surface area (Å²) in [7, 11) is 0. The van der Waals surface area contributed by atoms with Crippen LogP contribution in [-0.4, -0.2) is 19.1 Å². The highest BCUT2D eigenvalue weighted by atomic mass is 16.5. The van der Waals surface area contributed by atoms with Gasteiger partial charge in [-0.1, -0.05) is 48.5 Å². The second-order valence-electron chi connectivity index (χ2n) is 5.10. The van der Waals surface area contributed by atoms with Gasteiger partial charge in [0.05, 0.1) is 6.61 Å². The summed E-state index contributed by atoms with van der Waals surface area (Å²) in [5, 5.41) is 2.91. The number of benzene rings is 2. The molecular formula is C18H21NO2. The van der Waals surface area contributed by atoms with Crippen LogP contribution in [0.5, 0.6) is 0 Å². The second-order valence-corrected chi connectivity index (χ2v) is 5.10. The minimum absolute atomic E-state index is 0.0839. The van der Waals surface area contributed by atoms with Crippen LogP contribution in [-0.2, 0) is 16.0 Å². The third-order valence-electron chi connectivity index (χ3n) is 3.36. The summed E-state index contributed by atoms with van der Waals surface area (Å²) in [6.45, 7) is 4.60. The van der Waals surface area contributed by atoms with E-state index < -0.39 is 0 Å². The molecule has 0 radical (unpaired) electrons. The van der Waals surface area contributed by atoms with Gasteiger partial charge in [-0.25, -0.2) is 0 Å². The smallest absolute Gasteiger partial charge is 0.250 e. The van der Waals surface area contributed by atoms with E-state index in [9.17, 15) is 4.79 Å². The van der Waals surface area contributed by atoms with Crippen LogP contribution in [0.3, 0.4) is 0 Å². The monoisotopic (exact) mass is 283 g/mol. The molecule has 1 N–H and O–H groups in total. The van der Waals surface area contributed by atoms with Crippen molar-refractivity contribution >= 4 is 11.6 Å². The van der Waals surface area contributed by atoms with Gasteiger partial charge >= 0.3 is 0 Å². The largest absolute Gasteiger partial charge is 0.371 e. The van der Waals surface area contributed by atoms with Gasteiger partial charge in [-0.15, -0.1) is 0 Å². The normalized spacial score (nSPS) is 10.4. The van der Waals surface area contributed by atoms with Crippen LogP contribution in [0.2, 0.25) is 0 Å². The predicted octanol–water partition coefficient (Wildman–Crippen LogP) is 3.50. The van der Waals surface area contributed by atoms with Crippen molar-refractivity contribution in [3.05, 3.63) is 65.2 Å². The number of nitrogens with one attached hydrogen (secondary N) is 1. The molecule has 0 atom stereocenters. The number of hydrogen-bond donors (Lipinski definition) is 1. The standard InChI is InChI=1S/C18H21NO2/c1-14-7-6-8-15(2)18(14)19-17(20)13-21-12-11-16-9-4-3-5-10-16/h3-10H,11-13H2,1-2H3,(H,19,20). The molecule has 0 unspecified atom stereocenters. The lowest BCUT2D eigenvalue weighted by molar-refractivity contribution is -0.120. The summed E-state index contributed by atoms with van der Waals surface area (Å²) in [6.07, 6.45) is 0.817. The molecule has 0 heterocycles. The SMILES string of the molecule is Cc1cccc(C)c1NC(=O)COCCc1ccccc1. The van der Waals surface area contributed by atoms with E-state index in [0.29, 0.717) is 6.61 Å². The fourth-order valence-corrected chi connectivity index (χ4v) is 2.19. The fraction of sp³-hybridized carbons (Fsp3) is 0.278. The maximum atomic E-state index is 11.9. The molecule has 0 aliphatic rings. The maximum Gasteiger partial charge on any atom is 0.250 e. The van der Waals surface area contributed by atoms with E-state index in [0.717, 1.165) is 23.2 Å². The number of hydrogen-bond acceptors (Lipinski definition) is 2. The van der Waals surface area contributed by atoms with Crippen molar-refractivity contribution in [3.63, 3.8) is 0 Å². The van der Waals surface area contributed by atoms with Gasteiger partial charge in [0, 0.05) is 5.69 Å². The Balaban J connectivity index is 1.75. The van der Waals surface area contributed by atoms with E-state index in [1.54, 1.807) is 0 Å². The molecule has 2 aromatic rings. The topological polar surface area (TPSA) is 38.3 Å². The molecule has 0 bridgehead atoms. The minimum Gasteiger partial charge on any atom is -0.371 e. The zero-order chi connectivity index (χ0) is 15.1. The van der Waals surface area contributed by atoms with Gasteiger partial charge in [0.15, 0.2) is 0 Å². The number of carbonyl (C=O) groups is 1. The molecule has 3 nitrogen and oxygen atoms in total. The lowest BCUT2D eigenvalue weighted by atomic mass is 10.1. The highest BCUT2D eigenvalue weighted by molar-refractivity contribution is 5.93. The van der Waals surface area contributed by atoms with E-state index in [1.165, 1.54) is 5.56 Å². The van der Waals surface area contributed by atoms with Crippen LogP contribution in [0.15, 0.2) is 48.5 Å². The Morgan fingerprint density at radius 3 is 2.33 bits per heavy atom. The van der Waals surface area contributed by atoms with Crippen LogP contribution >= 0.6 is 0 Å². The van der Waals surface area contributed by atoms with E-state index in [-0.39, 0.29) is 12.5 Å². The van der Waals surface area contributed by atoms with Crippen LogP contribution in [0.1, 0.15) is 16.7 Å². The molecule has 2 rings (SSSR count). The molecule has 0 aliphatic heterocycles. The fourth-order valence-electron chi connectivity index (χ4n) is 2.19. The molecule has 0 saturated carbocycles. The average molecular weight is 283 g/mol. The Kier molecular flexibility index (Phi) is 5.52. The summed E-state index contributed by atoms with van der Waals surface area (Å²) < 4.78 is 5.44. The van der Waals surface area contributed by atoms with Crippen molar-refractivity contribution in [2.45, 2.75) is 20.3 Å². The number of rotatable bonds is 6. The van der Waals surface area contributed by atoms with Crippen molar-refractivity contribution in [2.75, 3.05) is 18.5 Å². The molecule has 0 aromatic heterocycles. The zero-order valence-electron chi connectivity index (χ0n) is 12.6. The Labute approximate surface area is 126 Å². The number of anilines is 1. The van der Waals surface area contributed by atoms with Gasteiger partial charge < -0.3 is 10.1 Å². The Hall–Kier alpha value is -2.13. The highest BCUT2D eigenvalue weighted by Gasteiger charge is 2.07. The van der Waals surface area contributed by atoms with Crippen LogP contribution in [0.4, 0.5) is 5.69 Å². The van der Waals surface area contributed by atoms with Crippen LogP contribution in [0.25, 0.3) is 0 Å². The van der Waals surface area contributed by atoms with Crippen LogP contribution in [0, 0.1) is 13.8 Å². The Morgan fingerprint density at radius 1 is 1.00 bits per heavy atom. The molecule has 0 saturated heterocycles. The second kappa shape index (κ2) is 7.60. The number of ether oxygens (including phenoxy) is 1. The Morgan fingerprint density at radius 2 is 1.67 bits per heavy atom. The third-order valence-corrected chi connectivity index (χ3v) is 3.36. The summed E-state index contributed by atoms with van der Waals surface area (Å²) in [4.78, 5) is 11.9. The molecule has 21 heavy (non-hydrogen) atoms. The van der Waals surface area contributed by atoms with Gasteiger partial charge in [0.25, 0.3) is 0 Å². The van der Waals surface area contributed by atoms with E-state index in [2.05, 4.69) is 17.4 Å². The molecular weight excluding hydrogens is 262 g/mol. The van der Waals surface area contributed by atoms with Gasteiger partial charge in [0.1, 0.15) is 6.61 Å². The first-order valence-corrected chi connectivity index (χ1v) is 7.14. The van der Waals surface area contributed by atoms with Gasteiger partial charge in [-0.2, -0.15) is 0 Å². The number of carbonyl (C=O) groups excluding carboxylic acids is 1. The van der Waals surface area contributed by atoms with Crippen molar-refractivity contribution < 1.29 is 9.53 Å². The molecule has 110 valence electrons. The van der Waals surface area contributed by atoms with Crippen molar-refractivity contribution in [1.82, 2.24) is 0 Å². The molecule has 1 amide bonds. The van der Waals surface area contributed by atoms with Crippen LogP contribution < -0.4 is 5.32 Å². The number of para-hydroxylation sites is 1. The molecule has 0 fully saturated rings. The quantitative estimate of drug-likeness (QED) is 0.824. The molecule has 0 spiro atoms. The first-order valence-electron chi connectivity index (χ1n) is 7.14. The van der Waals surface area contributed by atoms with Gasteiger partial charge in [-0.05, 0) is 37.0 Å². The molecule has 2 aromatic carbocycles. The van der Waals surface area contributed by atoms with E-state index >= 15 is 0 Å². The minimum atomic E-state index is -0.111. The van der Waals surface area contributed by atoms with E-state index in [1.807, 2.05) is 50.2 Å². The lowest BCUT2D eigenvalue weighted by Gasteiger charge is -2.11. The van der Waals surface area contributed by atoms with Crippen molar-refractivity contribution in [1.29, 1.82) is 0 Å². The number of amides is 1. The average Bonchev–Trinajstić information content (AvgIpc) is 2.49. The summed E-state index contributed by atoms with van der Waals surface area (Å²) in [6, 6.07) is 16.1. The first-order chi connectivity index (χ1) is 10.2. The first kappa shape index (κ1) is 15.3. The summed E-state index contributed by atoms with van der Waals surface area (Å²) in [5.74, 6) is -0.111. The predicted molar refractivity (Wildman–Crippen MR) is 85.5 cm³/mol. The summed E-state index contributed by atoms with van der Waals surface area (Å²) in [5.41, 5.74) is 4.22. The van der Waals surface area contributed by atoms with Crippen molar-refractivity contribution in [3.8, 4) is 0 Å². The molecule has 0 aliphatic carbocycles. The Bertz CT molecular complexity index is 573. The van der Waals surface area contributed by atoms with Crippen molar-refractivity contribution in [2.24, 2.45) is 0 Å². The maximum absolute atomic E-state index is 11.9. The lowest BCUT2D eigenvalue weighted by Crippen LogP contribution is -2.20. The number of aryl methyl sites for hydroxylation is 2. The van der Waals surface area contributed by atoms with Gasteiger partial charge in [0.2, 0.25) is 5.91 Å². The summed E-state index contributed by atoms with van der Waals surface area (Å²) >= 11 is 0. The van der Waals surface area contributed by atoms with E-state index in [4.69, 9.17) is 4.74 Å². The molecule has 3 heteroatoms. The third kappa shape index (κ3) is 4.72. The highest BCUT2D eigenvalue weighted by Crippen LogP contribution is 2.19. The van der Waals surface area contributed by atoms with Gasteiger partial charge in [-0.3, -0.25) is 4.79 Å².